The van der Waals surface area contributed by atoms with Crippen molar-refractivity contribution in [3.8, 4) is 0 Å². The predicted molar refractivity (Wildman–Crippen MR) is 107 cm³/mol. The van der Waals surface area contributed by atoms with E-state index >= 15 is 0 Å². The Morgan fingerprint density at radius 3 is 2.59 bits per heavy atom. The third-order valence-electron chi connectivity index (χ3n) is 4.57. The van der Waals surface area contributed by atoms with Gasteiger partial charge in [0, 0.05) is 10.6 Å². The summed E-state index contributed by atoms with van der Waals surface area (Å²) in [6.45, 7) is 4.75. The second-order valence-corrected chi connectivity index (χ2v) is 7.59. The zero-order valence-electron chi connectivity index (χ0n) is 16.4. The zero-order chi connectivity index (χ0) is 21.3. The summed E-state index contributed by atoms with van der Waals surface area (Å²) in [7, 11) is 1.26. The first-order chi connectivity index (χ1) is 13.7. The number of esters is 2. The molecular weight excluding hydrogens is 396 g/mol. The molecule has 0 bridgehead atoms. The van der Waals surface area contributed by atoms with Gasteiger partial charge in [0.1, 0.15) is 0 Å². The molecule has 1 aromatic heterocycles. The second-order valence-electron chi connectivity index (χ2n) is 6.58. The van der Waals surface area contributed by atoms with Gasteiger partial charge in [-0.2, -0.15) is 0 Å². The van der Waals surface area contributed by atoms with Crippen LogP contribution >= 0.6 is 11.8 Å². The average molecular weight is 416 g/mol. The molecule has 1 aromatic carbocycles. The van der Waals surface area contributed by atoms with E-state index < -0.39 is 23.8 Å². The molecule has 8 nitrogen and oxygen atoms in total. The first-order valence-electron chi connectivity index (χ1n) is 8.82. The summed E-state index contributed by atoms with van der Waals surface area (Å²) in [5, 5.41) is 2.71. The number of H-pyrrole nitrogens is 1. The highest BCUT2D eigenvalue weighted by atomic mass is 32.2. The molecule has 0 spiro atoms. The van der Waals surface area contributed by atoms with Crippen LogP contribution in [0.2, 0.25) is 0 Å². The summed E-state index contributed by atoms with van der Waals surface area (Å²) in [6.07, 6.45) is -1.08. The third kappa shape index (κ3) is 4.04. The number of aromatic amines is 1. The number of methoxy groups -OCH3 is 1. The van der Waals surface area contributed by atoms with Gasteiger partial charge in [-0.15, -0.1) is 11.8 Å². The number of ketones is 1. The molecular formula is C20H20N2O6S. The molecule has 29 heavy (non-hydrogen) atoms. The Kier molecular flexibility index (Phi) is 5.78. The molecule has 0 radical (unpaired) electrons. The van der Waals surface area contributed by atoms with Crippen LogP contribution in [0, 0.1) is 13.8 Å². The summed E-state index contributed by atoms with van der Waals surface area (Å²) in [4.78, 5) is 52.4. The van der Waals surface area contributed by atoms with E-state index in [2.05, 4.69) is 10.3 Å². The van der Waals surface area contributed by atoms with Gasteiger partial charge in [0.25, 0.3) is 0 Å². The third-order valence-corrected chi connectivity index (χ3v) is 5.65. The number of anilines is 1. The van der Waals surface area contributed by atoms with Crippen LogP contribution in [0.3, 0.4) is 0 Å². The van der Waals surface area contributed by atoms with Gasteiger partial charge >= 0.3 is 11.9 Å². The number of carbonyl (C=O) groups excluding carboxylic acids is 4. The fourth-order valence-corrected chi connectivity index (χ4v) is 3.89. The van der Waals surface area contributed by atoms with Crippen LogP contribution in [0.4, 0.5) is 5.69 Å². The zero-order valence-corrected chi connectivity index (χ0v) is 17.2. The average Bonchev–Trinajstić information content (AvgIpc) is 3.00. The topological polar surface area (TPSA) is 115 Å². The quantitative estimate of drug-likeness (QED) is 0.569. The number of ether oxygens (including phenoxy) is 2. The molecule has 1 amide bonds. The number of Topliss-reactive ketones (excluding diaryl/α,β-unsaturated/α-hetero) is 1. The number of thioether (sulfide) groups is 1. The largest absolute Gasteiger partial charge is 0.465 e. The predicted octanol–water partition coefficient (Wildman–Crippen LogP) is 2.89. The number of hydrogen-bond acceptors (Lipinski definition) is 7. The highest BCUT2D eigenvalue weighted by Crippen LogP contribution is 2.32. The smallest absolute Gasteiger partial charge is 0.339 e. The minimum Gasteiger partial charge on any atom is -0.465 e. The fourth-order valence-electron chi connectivity index (χ4n) is 3.10. The van der Waals surface area contributed by atoms with Gasteiger partial charge in [0.15, 0.2) is 6.10 Å². The van der Waals surface area contributed by atoms with Crippen molar-refractivity contribution in [1.29, 1.82) is 0 Å². The van der Waals surface area contributed by atoms with Crippen molar-refractivity contribution < 1.29 is 28.7 Å². The number of benzene rings is 1. The van der Waals surface area contributed by atoms with Crippen molar-refractivity contribution in [3.63, 3.8) is 0 Å². The van der Waals surface area contributed by atoms with Gasteiger partial charge in [-0.3, -0.25) is 9.59 Å². The number of fused-ring (bicyclic) bond motifs is 1. The van der Waals surface area contributed by atoms with Crippen molar-refractivity contribution in [2.45, 2.75) is 31.8 Å². The highest BCUT2D eigenvalue weighted by molar-refractivity contribution is 8.00. The van der Waals surface area contributed by atoms with Crippen molar-refractivity contribution in [2.24, 2.45) is 0 Å². The van der Waals surface area contributed by atoms with E-state index in [1.165, 1.54) is 31.9 Å². The van der Waals surface area contributed by atoms with E-state index in [9.17, 15) is 19.2 Å². The van der Waals surface area contributed by atoms with Crippen LogP contribution in [-0.2, 0) is 14.3 Å². The van der Waals surface area contributed by atoms with Crippen LogP contribution in [0.25, 0.3) is 0 Å². The van der Waals surface area contributed by atoms with Crippen molar-refractivity contribution >= 4 is 41.1 Å². The number of aryl methyl sites for hydroxylation is 1. The Morgan fingerprint density at radius 2 is 1.90 bits per heavy atom. The van der Waals surface area contributed by atoms with Crippen LogP contribution in [0.5, 0.6) is 0 Å². The van der Waals surface area contributed by atoms with Gasteiger partial charge in [0.05, 0.1) is 35.4 Å². The van der Waals surface area contributed by atoms with Crippen LogP contribution in [0.1, 0.15) is 49.4 Å². The molecule has 2 aromatic rings. The molecule has 0 fully saturated rings. The molecule has 1 aliphatic rings. The Labute approximate surface area is 171 Å². The number of hydrogen-bond donors (Lipinski definition) is 2. The molecule has 1 aliphatic heterocycles. The standard InChI is InChI=1S/C20H20N2O6S/c1-9-16(20(26)27-4)10(2)21-17(9)18(24)11(3)28-19(25)12-5-6-14-13(7-12)22-15(23)8-29-14/h5-7,11,21H,8H2,1-4H3,(H,22,23)/t11-/m0/s1. The lowest BCUT2D eigenvalue weighted by Crippen LogP contribution is -2.25. The summed E-state index contributed by atoms with van der Waals surface area (Å²) in [6, 6.07) is 4.84. The molecule has 152 valence electrons. The molecule has 0 saturated heterocycles. The molecule has 2 heterocycles. The fraction of sp³-hybridized carbons (Fsp3) is 0.300. The Balaban J connectivity index is 1.77. The number of amides is 1. The van der Waals surface area contributed by atoms with Crippen LogP contribution < -0.4 is 5.32 Å². The second kappa shape index (κ2) is 8.12. The van der Waals surface area contributed by atoms with Gasteiger partial charge in [0.2, 0.25) is 11.7 Å². The van der Waals surface area contributed by atoms with E-state index in [0.717, 1.165) is 4.90 Å². The molecule has 0 unspecified atom stereocenters. The van der Waals surface area contributed by atoms with Crippen LogP contribution in [-0.4, -0.2) is 47.6 Å². The van der Waals surface area contributed by atoms with E-state index in [-0.39, 0.29) is 22.7 Å². The monoisotopic (exact) mass is 416 g/mol. The number of nitrogens with one attached hydrogen (secondary N) is 2. The molecule has 3 rings (SSSR count). The summed E-state index contributed by atoms with van der Waals surface area (Å²) < 4.78 is 10.1. The molecule has 1 atom stereocenters. The van der Waals surface area contributed by atoms with Gasteiger partial charge in [-0.25, -0.2) is 9.59 Å². The van der Waals surface area contributed by atoms with Crippen molar-refractivity contribution in [2.75, 3.05) is 18.2 Å². The Morgan fingerprint density at radius 1 is 1.17 bits per heavy atom. The lowest BCUT2D eigenvalue weighted by molar-refractivity contribution is -0.113. The maximum absolute atomic E-state index is 12.8. The Hall–Kier alpha value is -3.07. The first-order valence-corrected chi connectivity index (χ1v) is 9.80. The van der Waals surface area contributed by atoms with Gasteiger partial charge in [-0.05, 0) is 44.5 Å². The number of carbonyl (C=O) groups is 4. The lowest BCUT2D eigenvalue weighted by atomic mass is 10.1. The summed E-state index contributed by atoms with van der Waals surface area (Å²) >= 11 is 1.38. The molecule has 9 heteroatoms. The van der Waals surface area contributed by atoms with Gasteiger partial charge in [-0.1, -0.05) is 0 Å². The van der Waals surface area contributed by atoms with Crippen molar-refractivity contribution in [3.05, 3.63) is 46.3 Å². The van der Waals surface area contributed by atoms with E-state index in [1.54, 1.807) is 26.0 Å². The molecule has 2 N–H and O–H groups in total. The van der Waals surface area contributed by atoms with Crippen molar-refractivity contribution in [1.82, 2.24) is 4.98 Å². The number of aromatic nitrogens is 1. The summed E-state index contributed by atoms with van der Waals surface area (Å²) in [5.41, 5.74) is 2.18. The number of rotatable bonds is 5. The van der Waals surface area contributed by atoms with Crippen LogP contribution in [0.15, 0.2) is 23.1 Å². The normalized spacial score (nSPS) is 13.9. The maximum Gasteiger partial charge on any atom is 0.339 e. The van der Waals surface area contributed by atoms with Gasteiger partial charge < -0.3 is 19.8 Å². The summed E-state index contributed by atoms with van der Waals surface area (Å²) in [5.74, 6) is -1.52. The van der Waals surface area contributed by atoms with E-state index in [0.29, 0.717) is 22.7 Å². The maximum atomic E-state index is 12.8. The van der Waals surface area contributed by atoms with E-state index in [1.807, 2.05) is 0 Å². The lowest BCUT2D eigenvalue weighted by Gasteiger charge is -2.17. The first kappa shape index (κ1) is 20.7. The molecule has 0 saturated carbocycles. The highest BCUT2D eigenvalue weighted by Gasteiger charge is 2.28. The molecule has 0 aliphatic carbocycles. The Bertz CT molecular complexity index is 1030. The minimum atomic E-state index is -1.08. The minimum absolute atomic E-state index is 0.143. The SMILES string of the molecule is COC(=O)c1c(C)[nH]c(C(=O)[C@H](C)OC(=O)c2ccc3c(c2)NC(=O)CS3)c1C. The van der Waals surface area contributed by atoms with E-state index in [4.69, 9.17) is 9.47 Å².